The van der Waals surface area contributed by atoms with Crippen LogP contribution in [-0.2, 0) is 4.74 Å². The fourth-order valence-corrected chi connectivity index (χ4v) is 4.16. The molecule has 4 heteroatoms. The summed E-state index contributed by atoms with van der Waals surface area (Å²) in [7, 11) is 0. The van der Waals surface area contributed by atoms with E-state index in [9.17, 15) is 14.7 Å². The molecule has 0 radical (unpaired) electrons. The standard InChI is InChI=1S/C25H30O4/c1-4-18-5-7-19(8-6-18)20-9-11-21(12-10-20)24(27)15-29-25(28)22-13-14-23(26)17(3)16(22)2/h9-14,18-19,26H,4-8,15H2,1-3H3. The lowest BCUT2D eigenvalue weighted by atomic mass is 9.78. The second kappa shape index (κ2) is 9.25. The fraction of sp³-hybridized carbons (Fsp3) is 0.440. The van der Waals surface area contributed by atoms with Crippen molar-refractivity contribution in [1.82, 2.24) is 0 Å². The summed E-state index contributed by atoms with van der Waals surface area (Å²) >= 11 is 0. The molecule has 0 aromatic heterocycles. The molecule has 1 aliphatic carbocycles. The number of aromatic hydroxyl groups is 1. The lowest BCUT2D eigenvalue weighted by Crippen LogP contribution is -2.16. The number of carbonyl (C=O) groups is 2. The highest BCUT2D eigenvalue weighted by molar-refractivity contribution is 5.99. The molecular formula is C25H30O4. The molecule has 0 saturated heterocycles. The van der Waals surface area contributed by atoms with Gasteiger partial charge in [0, 0.05) is 5.56 Å². The van der Waals surface area contributed by atoms with Gasteiger partial charge in [-0.15, -0.1) is 0 Å². The largest absolute Gasteiger partial charge is 0.508 e. The summed E-state index contributed by atoms with van der Waals surface area (Å²) in [5.74, 6) is 0.817. The molecule has 1 saturated carbocycles. The quantitative estimate of drug-likeness (QED) is 0.502. The topological polar surface area (TPSA) is 63.6 Å². The van der Waals surface area contributed by atoms with Crippen LogP contribution in [-0.4, -0.2) is 23.5 Å². The highest BCUT2D eigenvalue weighted by atomic mass is 16.5. The van der Waals surface area contributed by atoms with Crippen molar-refractivity contribution in [1.29, 1.82) is 0 Å². The van der Waals surface area contributed by atoms with Gasteiger partial charge in [-0.05, 0) is 80.2 Å². The lowest BCUT2D eigenvalue weighted by Gasteiger charge is -2.28. The van der Waals surface area contributed by atoms with Crippen molar-refractivity contribution in [2.75, 3.05) is 6.61 Å². The van der Waals surface area contributed by atoms with E-state index in [2.05, 4.69) is 6.92 Å². The molecule has 1 aliphatic rings. The predicted molar refractivity (Wildman–Crippen MR) is 114 cm³/mol. The van der Waals surface area contributed by atoms with Crippen molar-refractivity contribution in [2.45, 2.75) is 58.8 Å². The van der Waals surface area contributed by atoms with Crippen LogP contribution in [0.1, 0.15) is 82.4 Å². The first-order valence-corrected chi connectivity index (χ1v) is 10.5. The number of hydrogen-bond donors (Lipinski definition) is 1. The van der Waals surface area contributed by atoms with Crippen molar-refractivity contribution >= 4 is 11.8 Å². The van der Waals surface area contributed by atoms with Gasteiger partial charge in [0.15, 0.2) is 12.4 Å². The average Bonchev–Trinajstić information content (AvgIpc) is 2.76. The van der Waals surface area contributed by atoms with Crippen molar-refractivity contribution in [2.24, 2.45) is 5.92 Å². The smallest absolute Gasteiger partial charge is 0.338 e. The molecule has 2 aromatic carbocycles. The zero-order valence-corrected chi connectivity index (χ0v) is 17.5. The van der Waals surface area contributed by atoms with Gasteiger partial charge in [-0.25, -0.2) is 4.79 Å². The third-order valence-corrected chi connectivity index (χ3v) is 6.44. The molecular weight excluding hydrogens is 364 g/mol. The molecule has 3 rings (SSSR count). The van der Waals surface area contributed by atoms with Crippen molar-refractivity contribution in [3.63, 3.8) is 0 Å². The Morgan fingerprint density at radius 2 is 1.62 bits per heavy atom. The molecule has 0 spiro atoms. The summed E-state index contributed by atoms with van der Waals surface area (Å²) in [6.45, 7) is 5.46. The summed E-state index contributed by atoms with van der Waals surface area (Å²) in [6, 6.07) is 10.7. The number of phenolic OH excluding ortho intramolecular Hbond substituents is 1. The van der Waals surface area contributed by atoms with E-state index in [1.165, 1.54) is 49.8 Å². The van der Waals surface area contributed by atoms with Gasteiger partial charge in [0.2, 0.25) is 0 Å². The second-order valence-electron chi connectivity index (χ2n) is 8.13. The van der Waals surface area contributed by atoms with Crippen LogP contribution in [0.3, 0.4) is 0 Å². The van der Waals surface area contributed by atoms with Crippen molar-refractivity contribution in [3.05, 3.63) is 64.2 Å². The molecule has 154 valence electrons. The van der Waals surface area contributed by atoms with E-state index in [1.807, 2.05) is 24.3 Å². The summed E-state index contributed by atoms with van der Waals surface area (Å²) in [4.78, 5) is 24.8. The van der Waals surface area contributed by atoms with Gasteiger partial charge in [-0.3, -0.25) is 4.79 Å². The van der Waals surface area contributed by atoms with Gasteiger partial charge in [-0.2, -0.15) is 0 Å². The number of ether oxygens (including phenoxy) is 1. The first-order chi connectivity index (χ1) is 13.9. The van der Waals surface area contributed by atoms with Gasteiger partial charge in [0.25, 0.3) is 0 Å². The van der Waals surface area contributed by atoms with Gasteiger partial charge >= 0.3 is 5.97 Å². The first kappa shape index (κ1) is 21.1. The summed E-state index contributed by atoms with van der Waals surface area (Å²) in [5.41, 5.74) is 3.51. The number of phenols is 1. The maximum absolute atomic E-state index is 12.4. The number of hydrogen-bond acceptors (Lipinski definition) is 4. The molecule has 0 bridgehead atoms. The first-order valence-electron chi connectivity index (χ1n) is 10.5. The molecule has 2 aromatic rings. The molecule has 0 amide bonds. The fourth-order valence-electron chi connectivity index (χ4n) is 4.16. The minimum atomic E-state index is -0.553. The maximum Gasteiger partial charge on any atom is 0.338 e. The van der Waals surface area contributed by atoms with Gasteiger partial charge in [0.1, 0.15) is 5.75 Å². The zero-order chi connectivity index (χ0) is 21.0. The molecule has 0 unspecified atom stereocenters. The number of esters is 1. The molecule has 1 N–H and O–H groups in total. The van der Waals surface area contributed by atoms with Gasteiger partial charge in [0.05, 0.1) is 5.56 Å². The molecule has 1 fully saturated rings. The normalized spacial score (nSPS) is 19.0. The Bertz CT molecular complexity index is 874. The predicted octanol–water partition coefficient (Wildman–Crippen LogP) is 5.73. The van der Waals surface area contributed by atoms with Crippen molar-refractivity contribution < 1.29 is 19.4 Å². The number of carbonyl (C=O) groups excluding carboxylic acids is 2. The van der Waals surface area contributed by atoms with Crippen LogP contribution in [0, 0.1) is 19.8 Å². The minimum absolute atomic E-state index is 0.137. The van der Waals surface area contributed by atoms with Crippen LogP contribution in [0.4, 0.5) is 0 Å². The summed E-state index contributed by atoms with van der Waals surface area (Å²) < 4.78 is 5.22. The van der Waals surface area contributed by atoms with E-state index in [-0.39, 0.29) is 18.1 Å². The Balaban J connectivity index is 1.57. The molecule has 4 nitrogen and oxygen atoms in total. The monoisotopic (exact) mass is 394 g/mol. The summed E-state index contributed by atoms with van der Waals surface area (Å²) in [6.07, 6.45) is 6.27. The van der Waals surface area contributed by atoms with Crippen LogP contribution in [0.2, 0.25) is 0 Å². The highest BCUT2D eigenvalue weighted by Gasteiger charge is 2.21. The Morgan fingerprint density at radius 3 is 2.24 bits per heavy atom. The SMILES string of the molecule is CCC1CCC(c2ccc(C(=O)COC(=O)c3ccc(O)c(C)c3C)cc2)CC1. The van der Waals surface area contributed by atoms with Crippen LogP contribution in [0.15, 0.2) is 36.4 Å². The third-order valence-electron chi connectivity index (χ3n) is 6.44. The Hall–Kier alpha value is -2.62. The van der Waals surface area contributed by atoms with E-state index < -0.39 is 5.97 Å². The lowest BCUT2D eigenvalue weighted by molar-refractivity contribution is 0.0474. The Kier molecular flexibility index (Phi) is 6.73. The Morgan fingerprint density at radius 1 is 0.966 bits per heavy atom. The Labute approximate surface area is 172 Å². The van der Waals surface area contributed by atoms with Crippen LogP contribution >= 0.6 is 0 Å². The zero-order valence-electron chi connectivity index (χ0n) is 17.5. The second-order valence-corrected chi connectivity index (χ2v) is 8.13. The minimum Gasteiger partial charge on any atom is -0.508 e. The molecule has 29 heavy (non-hydrogen) atoms. The van der Waals surface area contributed by atoms with Crippen LogP contribution in [0.25, 0.3) is 0 Å². The number of benzene rings is 2. The number of Topliss-reactive ketones (excluding diaryl/α,β-unsaturated/α-hetero) is 1. The van der Waals surface area contributed by atoms with E-state index in [0.717, 1.165) is 5.92 Å². The molecule has 0 aliphatic heterocycles. The van der Waals surface area contributed by atoms with E-state index in [4.69, 9.17) is 4.74 Å². The third kappa shape index (κ3) is 4.87. The molecule has 0 atom stereocenters. The van der Waals surface area contributed by atoms with E-state index >= 15 is 0 Å². The summed E-state index contributed by atoms with van der Waals surface area (Å²) in [5, 5.41) is 9.71. The maximum atomic E-state index is 12.4. The molecule has 0 heterocycles. The van der Waals surface area contributed by atoms with Crippen LogP contribution < -0.4 is 0 Å². The number of ketones is 1. The van der Waals surface area contributed by atoms with E-state index in [0.29, 0.717) is 28.2 Å². The average molecular weight is 395 g/mol. The highest BCUT2D eigenvalue weighted by Crippen LogP contribution is 2.36. The van der Waals surface area contributed by atoms with Crippen molar-refractivity contribution in [3.8, 4) is 5.75 Å². The van der Waals surface area contributed by atoms with Crippen LogP contribution in [0.5, 0.6) is 5.75 Å². The van der Waals surface area contributed by atoms with E-state index in [1.54, 1.807) is 13.8 Å². The number of rotatable bonds is 6. The van der Waals surface area contributed by atoms with Gasteiger partial charge < -0.3 is 9.84 Å². The van der Waals surface area contributed by atoms with Gasteiger partial charge in [-0.1, -0.05) is 37.6 Å².